The highest BCUT2D eigenvalue weighted by Gasteiger charge is 2.28. The van der Waals surface area contributed by atoms with E-state index < -0.39 is 4.92 Å². The molecule has 1 aliphatic carbocycles. The SMILES string of the molecule is CN(CC1CC(O)C1)c1ccc([N+](=O)[O-])cc1CO. The summed E-state index contributed by atoms with van der Waals surface area (Å²) in [4.78, 5) is 12.2. The number of rotatable bonds is 5. The van der Waals surface area contributed by atoms with Crippen LogP contribution in [-0.4, -0.2) is 34.8 Å². The summed E-state index contributed by atoms with van der Waals surface area (Å²) in [6.45, 7) is 0.552. The Balaban J connectivity index is 2.11. The molecule has 0 heterocycles. The molecule has 0 aromatic heterocycles. The maximum absolute atomic E-state index is 10.7. The van der Waals surface area contributed by atoms with Crippen molar-refractivity contribution in [3.63, 3.8) is 0 Å². The number of nitro groups is 1. The summed E-state index contributed by atoms with van der Waals surface area (Å²) >= 11 is 0. The van der Waals surface area contributed by atoms with Gasteiger partial charge in [0.25, 0.3) is 5.69 Å². The first-order chi connectivity index (χ1) is 9.01. The average Bonchev–Trinajstić information content (AvgIpc) is 2.35. The van der Waals surface area contributed by atoms with Crippen LogP contribution < -0.4 is 4.90 Å². The van der Waals surface area contributed by atoms with E-state index in [-0.39, 0.29) is 18.4 Å². The van der Waals surface area contributed by atoms with E-state index in [1.54, 1.807) is 6.07 Å². The molecule has 0 spiro atoms. The van der Waals surface area contributed by atoms with Crippen molar-refractivity contribution in [1.82, 2.24) is 0 Å². The maximum atomic E-state index is 10.7. The van der Waals surface area contributed by atoms with Gasteiger partial charge in [-0.05, 0) is 24.8 Å². The molecule has 1 aromatic carbocycles. The van der Waals surface area contributed by atoms with Gasteiger partial charge >= 0.3 is 0 Å². The second-order valence-corrected chi connectivity index (χ2v) is 5.10. The summed E-state index contributed by atoms with van der Waals surface area (Å²) in [5.74, 6) is 0.446. The quantitative estimate of drug-likeness (QED) is 0.619. The summed E-state index contributed by atoms with van der Waals surface area (Å²) in [7, 11) is 1.89. The van der Waals surface area contributed by atoms with Crippen molar-refractivity contribution < 1.29 is 15.1 Å². The zero-order valence-corrected chi connectivity index (χ0v) is 10.8. The van der Waals surface area contributed by atoms with E-state index in [9.17, 15) is 20.3 Å². The molecule has 0 aliphatic heterocycles. The van der Waals surface area contributed by atoms with E-state index in [1.807, 2.05) is 11.9 Å². The zero-order chi connectivity index (χ0) is 14.0. The van der Waals surface area contributed by atoms with Crippen LogP contribution in [0.1, 0.15) is 18.4 Å². The Morgan fingerprint density at radius 2 is 2.16 bits per heavy atom. The predicted molar refractivity (Wildman–Crippen MR) is 71.0 cm³/mol. The Bertz CT molecular complexity index is 472. The summed E-state index contributed by atoms with van der Waals surface area (Å²) in [5, 5.41) is 29.3. The standard InChI is InChI=1S/C13H18N2O4/c1-14(7-9-4-12(17)5-9)13-3-2-11(15(18)19)6-10(13)8-16/h2-3,6,9,12,16-17H,4-5,7-8H2,1H3. The van der Waals surface area contributed by atoms with Gasteiger partial charge in [0.15, 0.2) is 0 Å². The normalized spacial score (nSPS) is 21.8. The fourth-order valence-corrected chi connectivity index (χ4v) is 2.52. The van der Waals surface area contributed by atoms with Crippen molar-refractivity contribution in [2.45, 2.75) is 25.6 Å². The number of hydrogen-bond acceptors (Lipinski definition) is 5. The lowest BCUT2D eigenvalue weighted by atomic mass is 9.82. The molecule has 1 aromatic rings. The lowest BCUT2D eigenvalue weighted by molar-refractivity contribution is -0.384. The highest BCUT2D eigenvalue weighted by atomic mass is 16.6. The number of nitrogens with zero attached hydrogens (tertiary/aromatic N) is 2. The average molecular weight is 266 g/mol. The van der Waals surface area contributed by atoms with Crippen LogP contribution in [0.25, 0.3) is 0 Å². The van der Waals surface area contributed by atoms with Gasteiger partial charge in [0.05, 0.1) is 17.6 Å². The van der Waals surface area contributed by atoms with E-state index in [0.29, 0.717) is 11.5 Å². The van der Waals surface area contributed by atoms with Crippen LogP contribution in [0, 0.1) is 16.0 Å². The van der Waals surface area contributed by atoms with Crippen molar-refractivity contribution in [3.8, 4) is 0 Å². The molecular formula is C13H18N2O4. The second-order valence-electron chi connectivity index (χ2n) is 5.10. The van der Waals surface area contributed by atoms with Crippen LogP contribution in [-0.2, 0) is 6.61 Å². The van der Waals surface area contributed by atoms with Gasteiger partial charge in [-0.25, -0.2) is 0 Å². The predicted octanol–water partition coefficient (Wildman–Crippen LogP) is 1.29. The Hall–Kier alpha value is -1.66. The molecule has 0 atom stereocenters. The molecule has 0 bridgehead atoms. The Kier molecular flexibility index (Phi) is 4.01. The van der Waals surface area contributed by atoms with E-state index >= 15 is 0 Å². The number of non-ortho nitro benzene ring substituents is 1. The van der Waals surface area contributed by atoms with Crippen molar-refractivity contribution in [2.24, 2.45) is 5.92 Å². The van der Waals surface area contributed by atoms with Gasteiger partial charge in [0.2, 0.25) is 0 Å². The number of anilines is 1. The maximum Gasteiger partial charge on any atom is 0.269 e. The van der Waals surface area contributed by atoms with E-state index in [2.05, 4.69) is 0 Å². The molecule has 0 saturated heterocycles. The Morgan fingerprint density at radius 3 is 2.68 bits per heavy atom. The zero-order valence-electron chi connectivity index (χ0n) is 10.8. The van der Waals surface area contributed by atoms with Gasteiger partial charge in [-0.15, -0.1) is 0 Å². The molecule has 0 unspecified atom stereocenters. The minimum Gasteiger partial charge on any atom is -0.393 e. The van der Waals surface area contributed by atoms with Crippen LogP contribution in [0.3, 0.4) is 0 Å². The van der Waals surface area contributed by atoms with Crippen molar-refractivity contribution in [3.05, 3.63) is 33.9 Å². The lowest BCUT2D eigenvalue weighted by Crippen LogP contribution is -2.37. The van der Waals surface area contributed by atoms with Gasteiger partial charge in [-0.1, -0.05) is 0 Å². The molecule has 1 fully saturated rings. The molecule has 0 amide bonds. The van der Waals surface area contributed by atoms with Crippen LogP contribution in [0.5, 0.6) is 0 Å². The molecule has 6 nitrogen and oxygen atoms in total. The molecule has 6 heteroatoms. The van der Waals surface area contributed by atoms with E-state index in [4.69, 9.17) is 0 Å². The first-order valence-corrected chi connectivity index (χ1v) is 6.28. The molecule has 0 radical (unpaired) electrons. The third-order valence-corrected chi connectivity index (χ3v) is 3.60. The third kappa shape index (κ3) is 3.02. The summed E-state index contributed by atoms with van der Waals surface area (Å²) in [5.41, 5.74) is 1.34. The summed E-state index contributed by atoms with van der Waals surface area (Å²) < 4.78 is 0. The topological polar surface area (TPSA) is 86.8 Å². The molecule has 2 rings (SSSR count). The van der Waals surface area contributed by atoms with Gasteiger partial charge in [-0.3, -0.25) is 10.1 Å². The van der Waals surface area contributed by atoms with Crippen molar-refractivity contribution in [2.75, 3.05) is 18.5 Å². The largest absolute Gasteiger partial charge is 0.393 e. The number of hydrogen-bond donors (Lipinski definition) is 2. The molecule has 104 valence electrons. The first-order valence-electron chi connectivity index (χ1n) is 6.28. The summed E-state index contributed by atoms with van der Waals surface area (Å²) in [6.07, 6.45) is 1.41. The van der Waals surface area contributed by atoms with Gasteiger partial charge in [0, 0.05) is 37.0 Å². The van der Waals surface area contributed by atoms with Gasteiger partial charge in [0.1, 0.15) is 0 Å². The Labute approximate surface area is 111 Å². The van der Waals surface area contributed by atoms with Gasteiger partial charge < -0.3 is 15.1 Å². The van der Waals surface area contributed by atoms with Crippen LogP contribution >= 0.6 is 0 Å². The Morgan fingerprint density at radius 1 is 1.47 bits per heavy atom. The molecule has 2 N–H and O–H groups in total. The number of benzene rings is 1. The minimum absolute atomic E-state index is 0.0136. The molecule has 19 heavy (non-hydrogen) atoms. The fraction of sp³-hybridized carbons (Fsp3) is 0.538. The van der Waals surface area contributed by atoms with Crippen molar-refractivity contribution in [1.29, 1.82) is 0 Å². The van der Waals surface area contributed by atoms with E-state index in [1.165, 1.54) is 12.1 Å². The smallest absolute Gasteiger partial charge is 0.269 e. The molecule has 1 aliphatic rings. The van der Waals surface area contributed by atoms with Gasteiger partial charge in [-0.2, -0.15) is 0 Å². The monoisotopic (exact) mass is 266 g/mol. The second kappa shape index (κ2) is 5.54. The van der Waals surface area contributed by atoms with Crippen LogP contribution in [0.2, 0.25) is 0 Å². The number of aliphatic hydroxyl groups excluding tert-OH is 2. The van der Waals surface area contributed by atoms with Crippen molar-refractivity contribution >= 4 is 11.4 Å². The molecule has 1 saturated carbocycles. The fourth-order valence-electron chi connectivity index (χ4n) is 2.52. The van der Waals surface area contributed by atoms with E-state index in [0.717, 1.165) is 25.1 Å². The summed E-state index contributed by atoms with van der Waals surface area (Å²) in [6, 6.07) is 4.51. The highest BCUT2D eigenvalue weighted by Crippen LogP contribution is 2.31. The lowest BCUT2D eigenvalue weighted by Gasteiger charge is -2.35. The third-order valence-electron chi connectivity index (χ3n) is 3.60. The van der Waals surface area contributed by atoms with Crippen LogP contribution in [0.4, 0.5) is 11.4 Å². The molecular weight excluding hydrogens is 248 g/mol. The van der Waals surface area contributed by atoms with Crippen LogP contribution in [0.15, 0.2) is 18.2 Å². The first kappa shape index (κ1) is 13.8. The number of aliphatic hydroxyl groups is 2. The highest BCUT2D eigenvalue weighted by molar-refractivity contribution is 5.57. The number of nitro benzene ring substituents is 1. The minimum atomic E-state index is -0.467.